The van der Waals surface area contributed by atoms with E-state index in [1.54, 1.807) is 0 Å². The molecule has 26 nitrogen and oxygen atoms in total. The zero-order valence-electron chi connectivity index (χ0n) is 31.1. The van der Waals surface area contributed by atoms with Crippen LogP contribution in [0.3, 0.4) is 0 Å². The van der Waals surface area contributed by atoms with Crippen LogP contribution in [0.1, 0.15) is 13.8 Å². The van der Waals surface area contributed by atoms with Crippen molar-refractivity contribution >= 4 is 5.91 Å². The van der Waals surface area contributed by atoms with Gasteiger partial charge in [0.25, 0.3) is 0 Å². The number of carbonyl (C=O) groups excluding carboxylic acids is 1. The van der Waals surface area contributed by atoms with E-state index in [9.17, 15) is 81.4 Å². The number of nitrogens with one attached hydrogen (secondary N) is 1. The highest BCUT2D eigenvalue weighted by Gasteiger charge is 2.57. The predicted octanol–water partition coefficient (Wildman–Crippen LogP) is -10.8. The molecular weight excluding hydrogens is 798 g/mol. The van der Waals surface area contributed by atoms with Crippen LogP contribution in [-0.4, -0.2) is 262 Å². The van der Waals surface area contributed by atoms with Gasteiger partial charge in [-0.3, -0.25) is 4.79 Å². The van der Waals surface area contributed by atoms with E-state index >= 15 is 0 Å². The lowest BCUT2D eigenvalue weighted by atomic mass is 9.94. The lowest BCUT2D eigenvalue weighted by Crippen LogP contribution is -2.70. The zero-order chi connectivity index (χ0) is 42.9. The molecule has 58 heavy (non-hydrogen) atoms. The van der Waals surface area contributed by atoms with Crippen molar-refractivity contribution in [1.82, 2.24) is 5.32 Å². The van der Waals surface area contributed by atoms with Crippen molar-refractivity contribution in [3.63, 3.8) is 0 Å². The number of hydrogen-bond acceptors (Lipinski definition) is 25. The van der Waals surface area contributed by atoms with E-state index in [1.165, 1.54) is 6.92 Å². The lowest BCUT2D eigenvalue weighted by molar-refractivity contribution is -0.404. The first-order valence-corrected chi connectivity index (χ1v) is 18.5. The first kappa shape index (κ1) is 47.6. The van der Waals surface area contributed by atoms with E-state index in [1.807, 2.05) is 0 Å². The third-order valence-electron chi connectivity index (χ3n) is 10.7. The zero-order valence-corrected chi connectivity index (χ0v) is 31.1. The maximum atomic E-state index is 12.4. The molecule has 0 bridgehead atoms. The maximum absolute atomic E-state index is 12.4. The van der Waals surface area contributed by atoms with Crippen LogP contribution in [0.2, 0.25) is 0 Å². The number of hydrogen-bond donors (Lipinski definition) is 16. The molecule has 25 atom stereocenters. The van der Waals surface area contributed by atoms with Crippen LogP contribution >= 0.6 is 0 Å². The quantitative estimate of drug-likeness (QED) is 0.0818. The van der Waals surface area contributed by atoms with Gasteiger partial charge in [-0.15, -0.1) is 0 Å². The largest absolute Gasteiger partial charge is 0.394 e. The molecule has 16 N–H and O–H groups in total. The Labute approximate surface area is 329 Å². The van der Waals surface area contributed by atoms with Gasteiger partial charge in [0.2, 0.25) is 5.91 Å². The Bertz CT molecular complexity index is 1310. The highest BCUT2D eigenvalue weighted by atomic mass is 16.8. The molecule has 5 saturated heterocycles. The monoisotopic (exact) mass is 853 g/mol. The second-order valence-corrected chi connectivity index (χ2v) is 14.7. The Morgan fingerprint density at radius 2 is 0.897 bits per heavy atom. The predicted molar refractivity (Wildman–Crippen MR) is 177 cm³/mol. The SMILES string of the molecule is CC(=O)N[C@H]1[C@H](O[C@@H]2[C@@H](O)[C@H](O)O[C@H](CO)[C@@H]2O)O[C@H](CO)[C@@H](O[C@@H]2O[C@H](CO)[C@H](O)[C@H](O[C@H]3O[C@H](CO)[C@H](O)[C@H](O)[C@H]3O)[C@H]2O[C@@H]2O[C@@H](C)[C@@H](O)[C@@H](O)[C@@H]2O)[C@@H]1O. The van der Waals surface area contributed by atoms with Gasteiger partial charge in [0.05, 0.1) is 32.5 Å². The van der Waals surface area contributed by atoms with Crippen molar-refractivity contribution in [1.29, 1.82) is 0 Å². The first-order valence-electron chi connectivity index (χ1n) is 18.5. The molecule has 0 aromatic carbocycles. The highest BCUT2D eigenvalue weighted by molar-refractivity contribution is 5.73. The number of amides is 1. The van der Waals surface area contributed by atoms with Gasteiger partial charge in [-0.1, -0.05) is 0 Å². The van der Waals surface area contributed by atoms with Crippen molar-refractivity contribution in [3.05, 3.63) is 0 Å². The van der Waals surface area contributed by atoms with Crippen LogP contribution in [0.4, 0.5) is 0 Å². The number of aliphatic hydroxyl groups is 15. The molecule has 5 heterocycles. The van der Waals surface area contributed by atoms with Crippen LogP contribution in [0.25, 0.3) is 0 Å². The molecule has 0 saturated carbocycles. The third kappa shape index (κ3) is 9.75. The van der Waals surface area contributed by atoms with E-state index in [0.29, 0.717) is 0 Å². The van der Waals surface area contributed by atoms with Crippen molar-refractivity contribution in [2.45, 2.75) is 167 Å². The molecule has 5 aliphatic rings. The molecule has 338 valence electrons. The average Bonchev–Trinajstić information content (AvgIpc) is 3.19. The standard InChI is InChI=1S/C32H55NO25/c1-7-14(39)19(44)21(46)30(50-7)58-27-26(57-31-22(47)20(45)15(40)9(3-34)52-31)17(42)11(5-36)53-32(27)55-24-12(6-37)54-29(13(18(24)43)33-8(2)38)56-25-16(41)10(4-35)51-28(49)23(25)48/h7,9-32,34-37,39-49H,3-6H2,1-2H3,(H,33,38)/t7-,9+,10+,11+,12+,13+,14+,15-,16-,17-,18+,19+,20-,21-,22+,23+,24+,25-,26-,27+,28+,29-,30-,31+,32-/m0/s1. The van der Waals surface area contributed by atoms with Crippen LogP contribution in [-0.2, 0) is 47.4 Å². The number of ether oxygens (including phenoxy) is 9. The normalized spacial score (nSPS) is 51.6. The Balaban J connectivity index is 1.49. The Morgan fingerprint density at radius 3 is 1.48 bits per heavy atom. The summed E-state index contributed by atoms with van der Waals surface area (Å²) in [6.07, 6.45) is -43.9. The molecule has 1 amide bonds. The van der Waals surface area contributed by atoms with Gasteiger partial charge in [-0.05, 0) is 6.92 Å². The summed E-state index contributed by atoms with van der Waals surface area (Å²) in [5.41, 5.74) is 0. The van der Waals surface area contributed by atoms with Crippen LogP contribution in [0.5, 0.6) is 0 Å². The molecule has 5 fully saturated rings. The van der Waals surface area contributed by atoms with Crippen molar-refractivity contribution in [2.75, 3.05) is 26.4 Å². The molecule has 0 aromatic heterocycles. The molecule has 0 spiro atoms. The Kier molecular flexibility index (Phi) is 16.5. The van der Waals surface area contributed by atoms with E-state index in [-0.39, 0.29) is 0 Å². The fourth-order valence-electron chi connectivity index (χ4n) is 7.34. The maximum Gasteiger partial charge on any atom is 0.217 e. The molecular formula is C32H55NO25. The van der Waals surface area contributed by atoms with Gasteiger partial charge in [-0.25, -0.2) is 0 Å². The summed E-state index contributed by atoms with van der Waals surface area (Å²) in [7, 11) is 0. The van der Waals surface area contributed by atoms with E-state index < -0.39 is 186 Å². The summed E-state index contributed by atoms with van der Waals surface area (Å²) >= 11 is 0. The van der Waals surface area contributed by atoms with Crippen LogP contribution in [0.15, 0.2) is 0 Å². The fourth-order valence-corrected chi connectivity index (χ4v) is 7.34. The number of rotatable bonds is 13. The smallest absolute Gasteiger partial charge is 0.217 e. The molecule has 0 aliphatic carbocycles. The topological polar surface area (TPSA) is 416 Å². The van der Waals surface area contributed by atoms with Gasteiger partial charge in [0, 0.05) is 6.92 Å². The van der Waals surface area contributed by atoms with E-state index in [0.717, 1.165) is 6.92 Å². The number of carbonyl (C=O) groups is 1. The van der Waals surface area contributed by atoms with Gasteiger partial charge >= 0.3 is 0 Å². The highest BCUT2D eigenvalue weighted by Crippen LogP contribution is 2.37. The van der Waals surface area contributed by atoms with Gasteiger partial charge < -0.3 is 125 Å². The van der Waals surface area contributed by atoms with Crippen molar-refractivity contribution in [2.24, 2.45) is 0 Å². The first-order chi connectivity index (χ1) is 27.4. The minimum atomic E-state index is -2.06. The summed E-state index contributed by atoms with van der Waals surface area (Å²) in [4.78, 5) is 12.4. The Morgan fingerprint density at radius 1 is 0.448 bits per heavy atom. The summed E-state index contributed by atoms with van der Waals surface area (Å²) in [5, 5.41) is 160. The summed E-state index contributed by atoms with van der Waals surface area (Å²) < 4.78 is 51.3. The minimum absolute atomic E-state index is 0.798. The van der Waals surface area contributed by atoms with Crippen LogP contribution < -0.4 is 5.32 Å². The molecule has 5 aliphatic heterocycles. The minimum Gasteiger partial charge on any atom is -0.394 e. The summed E-state index contributed by atoms with van der Waals surface area (Å²) in [5.74, 6) is -0.798. The second-order valence-electron chi connectivity index (χ2n) is 14.7. The molecule has 0 unspecified atom stereocenters. The van der Waals surface area contributed by atoms with E-state index in [2.05, 4.69) is 5.32 Å². The molecule has 26 heteroatoms. The molecule has 0 radical (unpaired) electrons. The fraction of sp³-hybridized carbons (Fsp3) is 0.969. The summed E-state index contributed by atoms with van der Waals surface area (Å²) in [6, 6.07) is -1.69. The second kappa shape index (κ2) is 20.1. The average molecular weight is 854 g/mol. The van der Waals surface area contributed by atoms with Gasteiger partial charge in [0.15, 0.2) is 31.5 Å². The lowest BCUT2D eigenvalue weighted by Gasteiger charge is -2.51. The van der Waals surface area contributed by atoms with E-state index in [4.69, 9.17) is 42.6 Å². The number of aliphatic hydroxyl groups excluding tert-OH is 15. The Hall–Kier alpha value is -1.49. The van der Waals surface area contributed by atoms with Gasteiger partial charge in [0.1, 0.15) is 116 Å². The van der Waals surface area contributed by atoms with Crippen LogP contribution in [0, 0.1) is 0 Å². The summed E-state index contributed by atoms with van der Waals surface area (Å²) in [6.45, 7) is -1.36. The third-order valence-corrected chi connectivity index (χ3v) is 10.7. The van der Waals surface area contributed by atoms with Crippen molar-refractivity contribution in [3.8, 4) is 0 Å². The van der Waals surface area contributed by atoms with Crippen molar-refractivity contribution < 1.29 is 124 Å². The molecule has 0 aromatic rings. The van der Waals surface area contributed by atoms with Gasteiger partial charge in [-0.2, -0.15) is 0 Å². The molecule has 5 rings (SSSR count).